The fourth-order valence-electron chi connectivity index (χ4n) is 1.34. The molecule has 0 spiro atoms. The third-order valence-electron chi connectivity index (χ3n) is 2.17. The van der Waals surface area contributed by atoms with Crippen LogP contribution in [-0.2, 0) is 4.79 Å². The number of nitrogen functional groups attached to an aromatic ring is 1. The van der Waals surface area contributed by atoms with E-state index in [9.17, 15) is 4.79 Å². The number of hydrogen-bond acceptors (Lipinski definition) is 3. The predicted molar refractivity (Wildman–Crippen MR) is 67.4 cm³/mol. The van der Waals surface area contributed by atoms with Crippen LogP contribution in [-0.4, -0.2) is 18.5 Å². The maximum absolute atomic E-state index is 11.4. The van der Waals surface area contributed by atoms with E-state index in [-0.39, 0.29) is 18.5 Å². The first-order valence-corrected chi connectivity index (χ1v) is 5.38. The normalized spacial score (nSPS) is 10.2. The lowest BCUT2D eigenvalue weighted by Crippen LogP contribution is -2.34. The highest BCUT2D eigenvalue weighted by Gasteiger charge is 2.03. The Labute approximate surface area is 96.2 Å². The number of nitrogens with one attached hydrogen (secondary N) is 2. The van der Waals surface area contributed by atoms with Crippen LogP contribution in [0.25, 0.3) is 0 Å². The Morgan fingerprint density at radius 2 is 2.12 bits per heavy atom. The summed E-state index contributed by atoms with van der Waals surface area (Å²) in [6.45, 7) is 6.09. The van der Waals surface area contributed by atoms with Gasteiger partial charge in [0.15, 0.2) is 0 Å². The minimum atomic E-state index is -0.00974. The van der Waals surface area contributed by atoms with Gasteiger partial charge in [-0.3, -0.25) is 4.79 Å². The van der Waals surface area contributed by atoms with Gasteiger partial charge in [0, 0.05) is 17.4 Å². The molecule has 0 aliphatic carbocycles. The average molecular weight is 221 g/mol. The summed E-state index contributed by atoms with van der Waals surface area (Å²) in [5.74, 6) is -0.00974. The van der Waals surface area contributed by atoms with Crippen LogP contribution in [0.2, 0.25) is 0 Å². The zero-order valence-electron chi connectivity index (χ0n) is 10.0. The molecule has 0 saturated heterocycles. The molecule has 1 amide bonds. The van der Waals surface area contributed by atoms with Crippen molar-refractivity contribution >= 4 is 17.3 Å². The quantitative estimate of drug-likeness (QED) is 0.675. The SMILES string of the molecule is Cc1cc(NCC(=O)NC(C)C)ccc1N. The first-order valence-electron chi connectivity index (χ1n) is 5.38. The fraction of sp³-hybridized carbons (Fsp3) is 0.417. The summed E-state index contributed by atoms with van der Waals surface area (Å²) in [6.07, 6.45) is 0. The zero-order chi connectivity index (χ0) is 12.1. The number of aryl methyl sites for hydroxylation is 1. The number of nitrogens with two attached hydrogens (primary N) is 1. The molecule has 0 saturated carbocycles. The Bertz CT molecular complexity index is 375. The van der Waals surface area contributed by atoms with Gasteiger partial charge in [0.05, 0.1) is 6.54 Å². The molecule has 0 unspecified atom stereocenters. The van der Waals surface area contributed by atoms with Crippen LogP contribution in [0.15, 0.2) is 18.2 Å². The van der Waals surface area contributed by atoms with Crippen LogP contribution in [0.1, 0.15) is 19.4 Å². The number of carbonyl (C=O) groups is 1. The van der Waals surface area contributed by atoms with E-state index in [0.717, 1.165) is 16.9 Å². The van der Waals surface area contributed by atoms with Crippen molar-refractivity contribution in [3.05, 3.63) is 23.8 Å². The van der Waals surface area contributed by atoms with E-state index in [1.165, 1.54) is 0 Å². The molecule has 0 aromatic heterocycles. The van der Waals surface area contributed by atoms with Crippen molar-refractivity contribution in [1.29, 1.82) is 0 Å². The largest absolute Gasteiger partial charge is 0.399 e. The van der Waals surface area contributed by atoms with Crippen LogP contribution in [0.4, 0.5) is 11.4 Å². The van der Waals surface area contributed by atoms with Crippen molar-refractivity contribution in [2.45, 2.75) is 26.8 Å². The van der Waals surface area contributed by atoms with E-state index in [2.05, 4.69) is 10.6 Å². The van der Waals surface area contributed by atoms with Gasteiger partial charge in [-0.25, -0.2) is 0 Å². The molecule has 0 aliphatic heterocycles. The summed E-state index contributed by atoms with van der Waals surface area (Å²) in [6, 6.07) is 5.79. The molecule has 0 aliphatic rings. The Morgan fingerprint density at radius 1 is 1.44 bits per heavy atom. The summed E-state index contributed by atoms with van der Waals surface area (Å²) in [7, 11) is 0. The Kier molecular flexibility index (Phi) is 4.17. The van der Waals surface area contributed by atoms with Crippen molar-refractivity contribution in [2.75, 3.05) is 17.6 Å². The van der Waals surface area contributed by atoms with E-state index >= 15 is 0 Å². The monoisotopic (exact) mass is 221 g/mol. The fourth-order valence-corrected chi connectivity index (χ4v) is 1.34. The molecule has 0 fully saturated rings. The molecular weight excluding hydrogens is 202 g/mol. The van der Waals surface area contributed by atoms with Gasteiger partial charge in [0.1, 0.15) is 0 Å². The molecular formula is C12H19N3O. The van der Waals surface area contributed by atoms with Crippen LogP contribution < -0.4 is 16.4 Å². The lowest BCUT2D eigenvalue weighted by atomic mass is 10.2. The Balaban J connectivity index is 2.48. The van der Waals surface area contributed by atoms with E-state index in [4.69, 9.17) is 5.73 Å². The summed E-state index contributed by atoms with van der Waals surface area (Å²) < 4.78 is 0. The Hall–Kier alpha value is -1.71. The topological polar surface area (TPSA) is 67.2 Å². The number of anilines is 2. The highest BCUT2D eigenvalue weighted by molar-refractivity contribution is 5.81. The van der Waals surface area contributed by atoms with Gasteiger partial charge < -0.3 is 16.4 Å². The number of rotatable bonds is 4. The minimum Gasteiger partial charge on any atom is -0.399 e. The van der Waals surface area contributed by atoms with Gasteiger partial charge in [-0.1, -0.05) is 0 Å². The molecule has 0 radical (unpaired) electrons. The lowest BCUT2D eigenvalue weighted by Gasteiger charge is -2.11. The standard InChI is InChI=1S/C12H19N3O/c1-8(2)15-12(16)7-14-10-4-5-11(13)9(3)6-10/h4-6,8,14H,7,13H2,1-3H3,(H,15,16). The molecule has 16 heavy (non-hydrogen) atoms. The van der Waals surface area contributed by atoms with E-state index in [1.807, 2.05) is 39.0 Å². The maximum Gasteiger partial charge on any atom is 0.239 e. The smallest absolute Gasteiger partial charge is 0.239 e. The number of benzene rings is 1. The summed E-state index contributed by atoms with van der Waals surface area (Å²) in [4.78, 5) is 11.4. The molecule has 0 atom stereocenters. The molecule has 1 aromatic rings. The first-order chi connectivity index (χ1) is 7.49. The highest BCUT2D eigenvalue weighted by Crippen LogP contribution is 2.15. The van der Waals surface area contributed by atoms with Gasteiger partial charge in [-0.15, -0.1) is 0 Å². The van der Waals surface area contributed by atoms with Crippen molar-refractivity contribution in [2.24, 2.45) is 0 Å². The van der Waals surface area contributed by atoms with E-state index in [0.29, 0.717) is 0 Å². The van der Waals surface area contributed by atoms with Gasteiger partial charge >= 0.3 is 0 Å². The van der Waals surface area contributed by atoms with Crippen molar-refractivity contribution in [3.8, 4) is 0 Å². The molecule has 0 bridgehead atoms. The maximum atomic E-state index is 11.4. The van der Waals surface area contributed by atoms with E-state index in [1.54, 1.807) is 0 Å². The first kappa shape index (κ1) is 12.4. The molecule has 1 rings (SSSR count). The number of hydrogen-bond donors (Lipinski definition) is 3. The molecule has 88 valence electrons. The summed E-state index contributed by atoms with van der Waals surface area (Å²) in [5.41, 5.74) is 8.38. The zero-order valence-corrected chi connectivity index (χ0v) is 10.0. The van der Waals surface area contributed by atoms with Crippen molar-refractivity contribution < 1.29 is 4.79 Å². The second-order valence-corrected chi connectivity index (χ2v) is 4.15. The van der Waals surface area contributed by atoms with Crippen LogP contribution in [0, 0.1) is 6.92 Å². The molecule has 0 heterocycles. The van der Waals surface area contributed by atoms with Crippen LogP contribution in [0.3, 0.4) is 0 Å². The van der Waals surface area contributed by atoms with Gasteiger partial charge in [0.2, 0.25) is 5.91 Å². The molecule has 4 nitrogen and oxygen atoms in total. The Morgan fingerprint density at radius 3 is 2.69 bits per heavy atom. The van der Waals surface area contributed by atoms with Crippen molar-refractivity contribution in [3.63, 3.8) is 0 Å². The van der Waals surface area contributed by atoms with E-state index < -0.39 is 0 Å². The molecule has 4 heteroatoms. The third kappa shape index (κ3) is 3.81. The predicted octanol–water partition coefficient (Wildman–Crippen LogP) is 1.51. The molecule has 1 aromatic carbocycles. The second kappa shape index (κ2) is 5.39. The minimum absolute atomic E-state index is 0.00974. The number of carbonyl (C=O) groups excluding carboxylic acids is 1. The van der Waals surface area contributed by atoms with Crippen molar-refractivity contribution in [1.82, 2.24) is 5.32 Å². The van der Waals surface area contributed by atoms with Crippen LogP contribution >= 0.6 is 0 Å². The van der Waals surface area contributed by atoms with Gasteiger partial charge in [-0.05, 0) is 44.5 Å². The molecule has 4 N–H and O–H groups in total. The third-order valence-corrected chi connectivity index (χ3v) is 2.17. The van der Waals surface area contributed by atoms with Gasteiger partial charge in [-0.2, -0.15) is 0 Å². The number of amides is 1. The highest BCUT2D eigenvalue weighted by atomic mass is 16.1. The summed E-state index contributed by atoms with van der Waals surface area (Å²) >= 11 is 0. The van der Waals surface area contributed by atoms with Crippen LogP contribution in [0.5, 0.6) is 0 Å². The average Bonchev–Trinajstić information content (AvgIpc) is 2.19. The lowest BCUT2D eigenvalue weighted by molar-refractivity contribution is -0.119. The van der Waals surface area contributed by atoms with Gasteiger partial charge in [0.25, 0.3) is 0 Å². The summed E-state index contributed by atoms with van der Waals surface area (Å²) in [5, 5.41) is 5.86. The second-order valence-electron chi connectivity index (χ2n) is 4.15.